The monoisotopic (exact) mass is 412 g/mol. The number of unbranched alkanes of at least 4 members (excludes halogenated alkanes) is 1. The molecule has 1 saturated heterocycles. The molecule has 0 atom stereocenters. The first-order valence-corrected chi connectivity index (χ1v) is 10.8. The summed E-state index contributed by atoms with van der Waals surface area (Å²) in [5.74, 6) is 0.885. The van der Waals surface area contributed by atoms with Crippen LogP contribution in [0, 0.1) is 0 Å². The van der Waals surface area contributed by atoms with E-state index in [1.54, 1.807) is 17.1 Å². The van der Waals surface area contributed by atoms with Crippen LogP contribution in [0.5, 0.6) is 0 Å². The molecule has 30 heavy (non-hydrogen) atoms. The van der Waals surface area contributed by atoms with Gasteiger partial charge < -0.3 is 10.2 Å². The molecule has 0 bridgehead atoms. The van der Waals surface area contributed by atoms with Crippen molar-refractivity contribution in [3.05, 3.63) is 41.9 Å². The second kappa shape index (κ2) is 10.3. The summed E-state index contributed by atoms with van der Waals surface area (Å²) >= 11 is 0. The van der Waals surface area contributed by atoms with E-state index in [2.05, 4.69) is 41.1 Å². The van der Waals surface area contributed by atoms with Gasteiger partial charge in [-0.1, -0.05) is 33.3 Å². The molecule has 3 heterocycles. The van der Waals surface area contributed by atoms with E-state index in [0.29, 0.717) is 44.1 Å². The predicted octanol–water partition coefficient (Wildman–Crippen LogP) is 2.06. The van der Waals surface area contributed by atoms with Gasteiger partial charge in [0.25, 0.3) is 5.91 Å². The number of pyridine rings is 1. The van der Waals surface area contributed by atoms with Crippen LogP contribution in [0.25, 0.3) is 5.82 Å². The fourth-order valence-electron chi connectivity index (χ4n) is 3.68. The van der Waals surface area contributed by atoms with E-state index in [4.69, 9.17) is 0 Å². The maximum atomic E-state index is 13.2. The van der Waals surface area contributed by atoms with Gasteiger partial charge in [0.1, 0.15) is 0 Å². The van der Waals surface area contributed by atoms with Gasteiger partial charge in [-0.25, -0.2) is 9.67 Å². The number of nitrogens with zero attached hydrogens (tertiary/aromatic N) is 5. The third kappa shape index (κ3) is 5.24. The first-order chi connectivity index (χ1) is 14.5. The summed E-state index contributed by atoms with van der Waals surface area (Å²) in [5.41, 5.74) is 1.50. The highest BCUT2D eigenvalue weighted by Gasteiger charge is 2.28. The molecule has 0 aromatic carbocycles. The van der Waals surface area contributed by atoms with Gasteiger partial charge >= 0.3 is 0 Å². The van der Waals surface area contributed by atoms with Crippen LogP contribution in [-0.4, -0.2) is 75.6 Å². The predicted molar refractivity (Wildman–Crippen MR) is 116 cm³/mol. The van der Waals surface area contributed by atoms with Crippen molar-refractivity contribution in [3.8, 4) is 5.82 Å². The summed E-state index contributed by atoms with van der Waals surface area (Å²) < 4.78 is 1.76. The Balaban J connectivity index is 1.63. The standard InChI is InChI=1S/C22H32N6O2/c1-4-5-9-24-20(29)16-26-11-13-27(14-12-26)22(30)18-15-25-28(21(18)17(2)3)19-8-6-7-10-23-19/h6-8,10,15,17H,4-5,9,11-14,16H2,1-3H3,(H,24,29). The van der Waals surface area contributed by atoms with Gasteiger partial charge in [0.05, 0.1) is 24.0 Å². The minimum absolute atomic E-state index is 0.00655. The molecule has 0 saturated carbocycles. The van der Waals surface area contributed by atoms with Gasteiger partial charge in [-0.3, -0.25) is 14.5 Å². The molecule has 0 unspecified atom stereocenters. The Morgan fingerprint density at radius 2 is 1.93 bits per heavy atom. The quantitative estimate of drug-likeness (QED) is 0.671. The molecule has 0 spiro atoms. The van der Waals surface area contributed by atoms with E-state index in [9.17, 15) is 9.59 Å². The summed E-state index contributed by atoms with van der Waals surface area (Å²) in [6.45, 7) is 9.93. The van der Waals surface area contributed by atoms with Crippen LogP contribution in [0.3, 0.4) is 0 Å². The van der Waals surface area contributed by atoms with Crippen molar-refractivity contribution in [1.82, 2.24) is 29.9 Å². The van der Waals surface area contributed by atoms with Crippen LogP contribution in [-0.2, 0) is 4.79 Å². The molecule has 3 rings (SSSR count). The normalized spacial score (nSPS) is 14.9. The number of nitrogens with one attached hydrogen (secondary N) is 1. The van der Waals surface area contributed by atoms with E-state index >= 15 is 0 Å². The van der Waals surface area contributed by atoms with Crippen LogP contribution in [0.1, 0.15) is 55.6 Å². The largest absolute Gasteiger partial charge is 0.355 e. The fraction of sp³-hybridized carbons (Fsp3) is 0.545. The molecule has 1 fully saturated rings. The van der Waals surface area contributed by atoms with Crippen LogP contribution in [0.2, 0.25) is 0 Å². The third-order valence-corrected chi connectivity index (χ3v) is 5.33. The van der Waals surface area contributed by atoms with Crippen molar-refractivity contribution in [3.63, 3.8) is 0 Å². The highest BCUT2D eigenvalue weighted by molar-refractivity contribution is 5.95. The minimum Gasteiger partial charge on any atom is -0.355 e. The number of hydrogen-bond donors (Lipinski definition) is 1. The molecule has 8 heteroatoms. The second-order valence-electron chi connectivity index (χ2n) is 7.97. The number of carbonyl (C=O) groups is 2. The van der Waals surface area contributed by atoms with Crippen LogP contribution in [0.15, 0.2) is 30.6 Å². The van der Waals surface area contributed by atoms with Gasteiger partial charge in [0.15, 0.2) is 5.82 Å². The number of amides is 2. The second-order valence-corrected chi connectivity index (χ2v) is 7.97. The molecule has 1 aliphatic rings. The molecule has 0 aliphatic carbocycles. The van der Waals surface area contributed by atoms with Gasteiger partial charge in [-0.2, -0.15) is 5.10 Å². The Morgan fingerprint density at radius 1 is 1.17 bits per heavy atom. The highest BCUT2D eigenvalue weighted by atomic mass is 16.2. The lowest BCUT2D eigenvalue weighted by molar-refractivity contribution is -0.122. The Labute approximate surface area is 178 Å². The Bertz CT molecular complexity index is 841. The lowest BCUT2D eigenvalue weighted by Gasteiger charge is -2.34. The van der Waals surface area contributed by atoms with E-state index < -0.39 is 0 Å². The lowest BCUT2D eigenvalue weighted by atomic mass is 10.0. The summed E-state index contributed by atoms with van der Waals surface area (Å²) in [6, 6.07) is 5.66. The average molecular weight is 413 g/mol. The molecule has 2 aromatic heterocycles. The Morgan fingerprint density at radius 3 is 2.57 bits per heavy atom. The molecule has 162 valence electrons. The maximum Gasteiger partial charge on any atom is 0.257 e. The number of hydrogen-bond acceptors (Lipinski definition) is 5. The van der Waals surface area contributed by atoms with Gasteiger partial charge in [-0.05, 0) is 24.5 Å². The Hall–Kier alpha value is -2.74. The zero-order chi connectivity index (χ0) is 21.5. The molecule has 1 N–H and O–H groups in total. The van der Waals surface area contributed by atoms with Crippen molar-refractivity contribution in [2.45, 2.75) is 39.5 Å². The van der Waals surface area contributed by atoms with E-state index in [0.717, 1.165) is 25.1 Å². The van der Waals surface area contributed by atoms with E-state index in [-0.39, 0.29) is 17.7 Å². The van der Waals surface area contributed by atoms with Crippen molar-refractivity contribution in [2.24, 2.45) is 0 Å². The summed E-state index contributed by atoms with van der Waals surface area (Å²) in [4.78, 5) is 33.6. The first kappa shape index (κ1) is 22.0. The van der Waals surface area contributed by atoms with Crippen molar-refractivity contribution < 1.29 is 9.59 Å². The SMILES string of the molecule is CCCCNC(=O)CN1CCN(C(=O)c2cnn(-c3ccccn3)c2C(C)C)CC1. The molecular weight excluding hydrogens is 380 g/mol. The van der Waals surface area contributed by atoms with Crippen molar-refractivity contribution in [1.29, 1.82) is 0 Å². The van der Waals surface area contributed by atoms with Crippen molar-refractivity contribution >= 4 is 11.8 Å². The third-order valence-electron chi connectivity index (χ3n) is 5.33. The maximum absolute atomic E-state index is 13.2. The van der Waals surface area contributed by atoms with Gasteiger partial charge in [0, 0.05) is 38.9 Å². The summed E-state index contributed by atoms with van der Waals surface area (Å²) in [6.07, 6.45) is 5.44. The number of piperazine rings is 1. The van der Waals surface area contributed by atoms with Gasteiger partial charge in [-0.15, -0.1) is 0 Å². The fourth-order valence-corrected chi connectivity index (χ4v) is 3.68. The first-order valence-electron chi connectivity index (χ1n) is 10.8. The molecule has 2 amide bonds. The lowest BCUT2D eigenvalue weighted by Crippen LogP contribution is -2.51. The van der Waals surface area contributed by atoms with Crippen LogP contribution < -0.4 is 5.32 Å². The zero-order valence-corrected chi connectivity index (χ0v) is 18.2. The van der Waals surface area contributed by atoms with Crippen molar-refractivity contribution in [2.75, 3.05) is 39.3 Å². The van der Waals surface area contributed by atoms with Gasteiger partial charge in [0.2, 0.25) is 5.91 Å². The summed E-state index contributed by atoms with van der Waals surface area (Å²) in [5, 5.41) is 7.41. The smallest absolute Gasteiger partial charge is 0.257 e. The molecule has 0 radical (unpaired) electrons. The van der Waals surface area contributed by atoms with E-state index in [1.807, 2.05) is 23.1 Å². The highest BCUT2D eigenvalue weighted by Crippen LogP contribution is 2.24. The number of rotatable bonds is 8. The van der Waals surface area contributed by atoms with Crippen LogP contribution >= 0.6 is 0 Å². The molecule has 1 aliphatic heterocycles. The topological polar surface area (TPSA) is 83.4 Å². The molecule has 2 aromatic rings. The molecular formula is C22H32N6O2. The minimum atomic E-state index is -0.00655. The average Bonchev–Trinajstić information content (AvgIpc) is 3.20. The number of carbonyl (C=O) groups excluding carboxylic acids is 2. The van der Waals surface area contributed by atoms with E-state index in [1.165, 1.54) is 0 Å². The zero-order valence-electron chi connectivity index (χ0n) is 18.2. The Kier molecular flexibility index (Phi) is 7.57. The number of aromatic nitrogens is 3. The van der Waals surface area contributed by atoms with Crippen LogP contribution in [0.4, 0.5) is 0 Å². The summed E-state index contributed by atoms with van der Waals surface area (Å²) in [7, 11) is 0. The molecule has 8 nitrogen and oxygen atoms in total.